The van der Waals surface area contributed by atoms with E-state index < -0.39 is 0 Å². The number of benzene rings is 9. The fourth-order valence-electron chi connectivity index (χ4n) is 9.23. The standard InChI is InChI=1S/C60H37N7S/c1-5-17-38(18-6-1)55-61-56(39-19-7-2-8-20-39)64-59(63-55)44-30-33-51-47(37-44)45-25-13-15-27-50(45)67(51)52-32-29-42(43-31-34-54-48(35-43)46-26-14-16-28-53(46)68-54)36-49(52)60-65-57(40-21-9-3-10-22-40)62-58(66-60)41-23-11-4-12-24-41/h1-37H. The van der Waals surface area contributed by atoms with E-state index in [9.17, 15) is 0 Å². The lowest BCUT2D eigenvalue weighted by Crippen LogP contribution is -2.04. The average molecular weight is 888 g/mol. The molecule has 13 rings (SSSR count). The Balaban J connectivity index is 1.04. The van der Waals surface area contributed by atoms with Gasteiger partial charge < -0.3 is 4.57 Å². The summed E-state index contributed by atoms with van der Waals surface area (Å²) < 4.78 is 4.88. The summed E-state index contributed by atoms with van der Waals surface area (Å²) >= 11 is 1.82. The van der Waals surface area contributed by atoms with E-state index >= 15 is 0 Å². The predicted molar refractivity (Wildman–Crippen MR) is 278 cm³/mol. The number of rotatable bonds is 8. The van der Waals surface area contributed by atoms with Crippen LogP contribution in [0, 0.1) is 0 Å². The molecule has 0 aliphatic heterocycles. The van der Waals surface area contributed by atoms with Crippen molar-refractivity contribution in [3.63, 3.8) is 0 Å². The maximum Gasteiger partial charge on any atom is 0.166 e. The molecule has 7 nitrogen and oxygen atoms in total. The average Bonchev–Trinajstić information content (AvgIpc) is 3.96. The maximum absolute atomic E-state index is 5.31. The summed E-state index contributed by atoms with van der Waals surface area (Å²) in [7, 11) is 0. The minimum atomic E-state index is 0.575. The van der Waals surface area contributed by atoms with Crippen molar-refractivity contribution in [2.75, 3.05) is 0 Å². The molecule has 0 saturated heterocycles. The van der Waals surface area contributed by atoms with Gasteiger partial charge in [-0.2, -0.15) is 0 Å². The molecule has 0 atom stereocenters. The van der Waals surface area contributed by atoms with Crippen LogP contribution in [0.25, 0.3) is 127 Å². The topological polar surface area (TPSA) is 82.3 Å². The molecule has 0 saturated carbocycles. The van der Waals surface area contributed by atoms with Crippen LogP contribution >= 0.6 is 11.3 Å². The van der Waals surface area contributed by atoms with E-state index in [2.05, 4.69) is 108 Å². The molecule has 0 aliphatic rings. The minimum Gasteiger partial charge on any atom is -0.309 e. The van der Waals surface area contributed by atoms with E-state index in [4.69, 9.17) is 29.9 Å². The van der Waals surface area contributed by atoms with Crippen molar-refractivity contribution in [3.8, 4) is 85.1 Å². The van der Waals surface area contributed by atoms with Crippen LogP contribution < -0.4 is 0 Å². The highest BCUT2D eigenvalue weighted by Gasteiger charge is 2.22. The lowest BCUT2D eigenvalue weighted by molar-refractivity contribution is 1.06. The van der Waals surface area contributed by atoms with E-state index in [1.165, 1.54) is 20.2 Å². The van der Waals surface area contributed by atoms with Crippen molar-refractivity contribution in [2.24, 2.45) is 0 Å². The molecule has 318 valence electrons. The Labute approximate surface area is 395 Å². The number of fused-ring (bicyclic) bond motifs is 6. The lowest BCUT2D eigenvalue weighted by atomic mass is 9.99. The van der Waals surface area contributed by atoms with Gasteiger partial charge in [0.15, 0.2) is 34.9 Å². The molecule has 4 heterocycles. The van der Waals surface area contributed by atoms with Crippen LogP contribution in [0.15, 0.2) is 224 Å². The Morgan fingerprint density at radius 3 is 1.26 bits per heavy atom. The quantitative estimate of drug-likeness (QED) is 0.151. The zero-order chi connectivity index (χ0) is 45.0. The first kappa shape index (κ1) is 39.4. The molecule has 0 N–H and O–H groups in total. The molecule has 8 heteroatoms. The van der Waals surface area contributed by atoms with E-state index in [1.807, 2.05) is 133 Å². The van der Waals surface area contributed by atoms with Gasteiger partial charge in [-0.25, -0.2) is 29.9 Å². The largest absolute Gasteiger partial charge is 0.309 e. The molecule has 0 unspecified atom stereocenters. The van der Waals surface area contributed by atoms with Gasteiger partial charge in [0, 0.05) is 64.3 Å². The molecule has 68 heavy (non-hydrogen) atoms. The molecule has 13 aromatic rings. The van der Waals surface area contributed by atoms with Crippen LogP contribution in [0.4, 0.5) is 0 Å². The first-order chi connectivity index (χ1) is 33.7. The summed E-state index contributed by atoms with van der Waals surface area (Å²) in [6, 6.07) is 77.7. The number of aromatic nitrogens is 7. The van der Waals surface area contributed by atoms with Crippen molar-refractivity contribution in [2.45, 2.75) is 0 Å². The minimum absolute atomic E-state index is 0.575. The summed E-state index contributed by atoms with van der Waals surface area (Å²) in [5, 5.41) is 4.67. The van der Waals surface area contributed by atoms with Crippen molar-refractivity contribution in [3.05, 3.63) is 224 Å². The third-order valence-corrected chi connectivity index (χ3v) is 13.7. The highest BCUT2D eigenvalue weighted by atomic mass is 32.1. The third-order valence-electron chi connectivity index (χ3n) is 12.5. The van der Waals surface area contributed by atoms with Crippen molar-refractivity contribution in [1.29, 1.82) is 0 Å². The van der Waals surface area contributed by atoms with Crippen molar-refractivity contribution >= 4 is 53.3 Å². The molecule has 0 radical (unpaired) electrons. The second-order valence-corrected chi connectivity index (χ2v) is 17.8. The zero-order valence-corrected chi connectivity index (χ0v) is 37.2. The first-order valence-corrected chi connectivity index (χ1v) is 23.3. The smallest absolute Gasteiger partial charge is 0.166 e. The highest BCUT2D eigenvalue weighted by molar-refractivity contribution is 7.25. The Bertz CT molecular complexity index is 3900. The Hall–Kier alpha value is -8.98. The van der Waals surface area contributed by atoms with Crippen LogP contribution in [-0.4, -0.2) is 34.5 Å². The molecule has 0 amide bonds. The predicted octanol–water partition coefficient (Wildman–Crippen LogP) is 15.2. The molecule has 0 bridgehead atoms. The van der Waals surface area contributed by atoms with Gasteiger partial charge in [-0.05, 0) is 65.7 Å². The van der Waals surface area contributed by atoms with Crippen LogP contribution in [-0.2, 0) is 0 Å². The fourth-order valence-corrected chi connectivity index (χ4v) is 10.3. The van der Waals surface area contributed by atoms with Crippen molar-refractivity contribution in [1.82, 2.24) is 34.5 Å². The second kappa shape index (κ2) is 16.5. The number of hydrogen-bond acceptors (Lipinski definition) is 7. The molecule has 0 fully saturated rings. The number of nitrogens with zero attached hydrogens (tertiary/aromatic N) is 7. The highest BCUT2D eigenvalue weighted by Crippen LogP contribution is 2.41. The van der Waals surface area contributed by atoms with Gasteiger partial charge >= 0.3 is 0 Å². The summed E-state index contributed by atoms with van der Waals surface area (Å²) in [6.45, 7) is 0. The van der Waals surface area contributed by atoms with Crippen LogP contribution in [0.5, 0.6) is 0 Å². The maximum atomic E-state index is 5.31. The second-order valence-electron chi connectivity index (χ2n) is 16.7. The molecule has 0 spiro atoms. The summed E-state index contributed by atoms with van der Waals surface area (Å²) in [6.07, 6.45) is 0. The summed E-state index contributed by atoms with van der Waals surface area (Å²) in [4.78, 5) is 30.8. The van der Waals surface area contributed by atoms with Gasteiger partial charge in [-0.1, -0.05) is 170 Å². The number of para-hydroxylation sites is 1. The zero-order valence-electron chi connectivity index (χ0n) is 36.4. The van der Waals surface area contributed by atoms with Gasteiger partial charge in [0.2, 0.25) is 0 Å². The van der Waals surface area contributed by atoms with Gasteiger partial charge in [-0.15, -0.1) is 11.3 Å². The molecule has 0 aliphatic carbocycles. The van der Waals surface area contributed by atoms with E-state index in [-0.39, 0.29) is 0 Å². The van der Waals surface area contributed by atoms with Crippen molar-refractivity contribution < 1.29 is 0 Å². The van der Waals surface area contributed by atoms with E-state index in [1.54, 1.807) is 0 Å². The SMILES string of the molecule is c1ccc(-c2nc(-c3ccccc3)nc(-c3ccc4c(c3)c3ccccc3n4-c3ccc(-c4ccc5sc6ccccc6c5c4)cc3-c3nc(-c4ccccc4)nc(-c4ccccc4)n3)n2)cc1. The Morgan fingerprint density at radius 1 is 0.265 bits per heavy atom. The van der Waals surface area contributed by atoms with Gasteiger partial charge in [0.25, 0.3) is 0 Å². The lowest BCUT2D eigenvalue weighted by Gasteiger charge is -2.16. The normalized spacial score (nSPS) is 11.5. The number of thiophene rings is 1. The molecule has 4 aromatic heterocycles. The van der Waals surface area contributed by atoms with E-state index in [0.717, 1.165) is 72.0 Å². The van der Waals surface area contributed by atoms with Crippen LogP contribution in [0.1, 0.15) is 0 Å². The summed E-state index contributed by atoms with van der Waals surface area (Å²) in [5.74, 6) is 3.62. The molecular weight excluding hydrogens is 851 g/mol. The number of hydrogen-bond donors (Lipinski definition) is 0. The third kappa shape index (κ3) is 6.99. The fraction of sp³-hybridized carbons (Fsp3) is 0. The Morgan fingerprint density at radius 2 is 0.676 bits per heavy atom. The van der Waals surface area contributed by atoms with Crippen LogP contribution in [0.3, 0.4) is 0 Å². The van der Waals surface area contributed by atoms with Gasteiger partial charge in [0.1, 0.15) is 0 Å². The molecular formula is C60H37N7S. The molecule has 9 aromatic carbocycles. The monoisotopic (exact) mass is 887 g/mol. The van der Waals surface area contributed by atoms with Gasteiger partial charge in [-0.3, -0.25) is 0 Å². The first-order valence-electron chi connectivity index (χ1n) is 22.5. The summed E-state index contributed by atoms with van der Waals surface area (Å²) in [5.41, 5.74) is 10.6. The Kier molecular flexibility index (Phi) is 9.54. The van der Waals surface area contributed by atoms with Crippen LogP contribution in [0.2, 0.25) is 0 Å². The van der Waals surface area contributed by atoms with Gasteiger partial charge in [0.05, 0.1) is 16.7 Å². The van der Waals surface area contributed by atoms with E-state index in [0.29, 0.717) is 34.9 Å².